The maximum absolute atomic E-state index is 4.80. The van der Waals surface area contributed by atoms with Gasteiger partial charge in [-0.3, -0.25) is 9.97 Å². The Morgan fingerprint density at radius 3 is 1.89 bits per heavy atom. The lowest BCUT2D eigenvalue weighted by Crippen LogP contribution is -2.38. The Morgan fingerprint density at radius 1 is 0.609 bits per heavy atom. The molecule has 2 heterocycles. The van der Waals surface area contributed by atoms with E-state index in [9.17, 15) is 0 Å². The first-order valence-corrected chi connectivity index (χ1v) is 17.0. The van der Waals surface area contributed by atoms with Gasteiger partial charge < -0.3 is 4.90 Å². The summed E-state index contributed by atoms with van der Waals surface area (Å²) >= 11 is 0. The summed E-state index contributed by atoms with van der Waals surface area (Å²) in [6.45, 7) is 16.4. The van der Waals surface area contributed by atoms with Crippen molar-refractivity contribution in [3.8, 4) is 22.4 Å². The second-order valence-electron chi connectivity index (χ2n) is 13.9. The Hall–Kier alpha value is -4.24. The first-order valence-electron chi connectivity index (χ1n) is 17.0. The van der Waals surface area contributed by atoms with E-state index in [1.54, 1.807) is 0 Å². The van der Waals surface area contributed by atoms with Crippen LogP contribution < -0.4 is 4.90 Å². The summed E-state index contributed by atoms with van der Waals surface area (Å²) < 4.78 is 0. The number of pyridine rings is 2. The zero-order valence-electron chi connectivity index (χ0n) is 28.8. The van der Waals surface area contributed by atoms with E-state index in [1.165, 1.54) is 98.1 Å². The maximum Gasteiger partial charge on any atom is 0.0705 e. The fourth-order valence-electron chi connectivity index (χ4n) is 7.36. The smallest absolute Gasteiger partial charge is 0.0705 e. The van der Waals surface area contributed by atoms with E-state index in [0.717, 1.165) is 18.7 Å². The molecule has 0 saturated heterocycles. The molecule has 0 radical (unpaired) electrons. The number of aromatic nitrogens is 2. The molecule has 3 aromatic carbocycles. The van der Waals surface area contributed by atoms with Crippen LogP contribution >= 0.6 is 0 Å². The van der Waals surface area contributed by atoms with Crippen molar-refractivity contribution in [2.75, 3.05) is 4.90 Å². The molecule has 2 aromatic heterocycles. The molecule has 6 rings (SSSR count). The van der Waals surface area contributed by atoms with Crippen LogP contribution in [0.4, 0.5) is 5.69 Å². The molecule has 46 heavy (non-hydrogen) atoms. The number of nitrogens with zero attached hydrogens (tertiary/aromatic N) is 3. The number of rotatable bonds is 8. The molecular weight excluding hydrogens is 558 g/mol. The van der Waals surface area contributed by atoms with E-state index in [4.69, 9.17) is 4.98 Å². The van der Waals surface area contributed by atoms with Crippen LogP contribution in [-0.4, -0.2) is 16.0 Å². The summed E-state index contributed by atoms with van der Waals surface area (Å²) in [5, 5.41) is 0. The van der Waals surface area contributed by atoms with Crippen LogP contribution in [0.2, 0.25) is 0 Å². The third-order valence-electron chi connectivity index (χ3n) is 10.7. The Morgan fingerprint density at radius 2 is 1.24 bits per heavy atom. The van der Waals surface area contributed by atoms with E-state index >= 15 is 0 Å². The average Bonchev–Trinajstić information content (AvgIpc) is 3.05. The quantitative estimate of drug-likeness (QED) is 0.176. The minimum atomic E-state index is 0.515. The van der Waals surface area contributed by atoms with Crippen molar-refractivity contribution < 1.29 is 0 Å². The van der Waals surface area contributed by atoms with Crippen LogP contribution in [-0.2, 0) is 13.0 Å². The molecular formula is C43H49N3. The predicted octanol–water partition coefficient (Wildman–Crippen LogP) is 10.8. The minimum Gasteiger partial charge on any atom is -0.364 e. The van der Waals surface area contributed by atoms with Gasteiger partial charge in [0.15, 0.2) is 0 Å². The number of para-hydroxylation sites is 1. The van der Waals surface area contributed by atoms with Crippen molar-refractivity contribution in [1.82, 2.24) is 9.97 Å². The SMILES string of the molecule is Cc1ccccc1N(Cc1ccnc(-c2cc(C)c(C)c(C)c2)c1)C1CCC(Cc2cncc(-c3cc(C)c(C)c(C)c3)c2)CC1. The number of hydrogen-bond donors (Lipinski definition) is 0. The van der Waals surface area contributed by atoms with E-state index < -0.39 is 0 Å². The second-order valence-corrected chi connectivity index (χ2v) is 13.9. The van der Waals surface area contributed by atoms with Crippen LogP contribution in [0.15, 0.2) is 85.3 Å². The molecule has 236 valence electrons. The third-order valence-corrected chi connectivity index (χ3v) is 10.7. The Bertz CT molecular complexity index is 1800. The zero-order valence-corrected chi connectivity index (χ0v) is 28.8. The lowest BCUT2D eigenvalue weighted by molar-refractivity contribution is 0.312. The van der Waals surface area contributed by atoms with Crippen molar-refractivity contribution in [3.05, 3.63) is 135 Å². The lowest BCUT2D eigenvalue weighted by atomic mass is 9.81. The molecule has 0 aliphatic heterocycles. The molecule has 0 unspecified atom stereocenters. The molecule has 3 heteroatoms. The van der Waals surface area contributed by atoms with E-state index in [2.05, 4.69) is 131 Å². The Kier molecular flexibility index (Phi) is 9.40. The molecule has 1 saturated carbocycles. The maximum atomic E-state index is 4.80. The molecule has 5 aromatic rings. The summed E-state index contributed by atoms with van der Waals surface area (Å²) in [4.78, 5) is 12.2. The largest absolute Gasteiger partial charge is 0.364 e. The molecule has 1 fully saturated rings. The van der Waals surface area contributed by atoms with Crippen molar-refractivity contribution in [2.24, 2.45) is 5.92 Å². The predicted molar refractivity (Wildman–Crippen MR) is 195 cm³/mol. The number of benzene rings is 3. The molecule has 0 bridgehead atoms. The highest BCUT2D eigenvalue weighted by Crippen LogP contribution is 2.36. The van der Waals surface area contributed by atoms with E-state index in [-0.39, 0.29) is 0 Å². The highest BCUT2D eigenvalue weighted by molar-refractivity contribution is 5.66. The van der Waals surface area contributed by atoms with Gasteiger partial charge in [0.1, 0.15) is 0 Å². The molecule has 0 N–H and O–H groups in total. The van der Waals surface area contributed by atoms with Crippen molar-refractivity contribution >= 4 is 5.69 Å². The van der Waals surface area contributed by atoms with Gasteiger partial charge in [0.05, 0.1) is 5.69 Å². The fourth-order valence-corrected chi connectivity index (χ4v) is 7.36. The van der Waals surface area contributed by atoms with Gasteiger partial charge in [0.2, 0.25) is 0 Å². The standard InChI is InChI=1S/C43H49N3/c1-28-10-8-9-11-43(28)46(27-36-16-17-45-42(24-36)39-20-31(4)34(7)32(5)21-39)41-14-12-35(13-15-41)22-37-23-40(26-44-25-37)38-18-29(2)33(6)30(3)19-38/h8-11,16-21,23-26,35,41H,12-15,22,27H2,1-7H3. The third kappa shape index (κ3) is 6.94. The van der Waals surface area contributed by atoms with Crippen LogP contribution in [0.3, 0.4) is 0 Å². The number of aryl methyl sites for hydroxylation is 5. The number of anilines is 1. The first-order chi connectivity index (χ1) is 22.2. The summed E-state index contributed by atoms with van der Waals surface area (Å²) in [6, 6.07) is 25.5. The molecule has 0 atom stereocenters. The summed E-state index contributed by atoms with van der Waals surface area (Å²) in [5.74, 6) is 0.689. The minimum absolute atomic E-state index is 0.515. The van der Waals surface area contributed by atoms with Gasteiger partial charge in [-0.25, -0.2) is 0 Å². The highest BCUT2D eigenvalue weighted by Gasteiger charge is 2.27. The number of hydrogen-bond acceptors (Lipinski definition) is 3. The van der Waals surface area contributed by atoms with Crippen LogP contribution in [0, 0.1) is 54.4 Å². The van der Waals surface area contributed by atoms with Gasteiger partial charge >= 0.3 is 0 Å². The van der Waals surface area contributed by atoms with E-state index in [0.29, 0.717) is 12.0 Å². The Balaban J connectivity index is 1.18. The van der Waals surface area contributed by atoms with Gasteiger partial charge in [0.25, 0.3) is 0 Å². The van der Waals surface area contributed by atoms with Crippen molar-refractivity contribution in [2.45, 2.75) is 93.2 Å². The van der Waals surface area contributed by atoms with Gasteiger partial charge in [0, 0.05) is 48.0 Å². The first kappa shape index (κ1) is 31.7. The van der Waals surface area contributed by atoms with Crippen molar-refractivity contribution in [3.63, 3.8) is 0 Å². The average molecular weight is 608 g/mol. The van der Waals surface area contributed by atoms with E-state index in [1.807, 2.05) is 12.4 Å². The second kappa shape index (κ2) is 13.6. The van der Waals surface area contributed by atoms with Crippen LogP contribution in [0.25, 0.3) is 22.4 Å². The van der Waals surface area contributed by atoms with Gasteiger partial charge in [-0.05, 0) is 179 Å². The molecule has 1 aliphatic carbocycles. The monoisotopic (exact) mass is 607 g/mol. The van der Waals surface area contributed by atoms with Crippen molar-refractivity contribution in [1.29, 1.82) is 0 Å². The normalized spacial score (nSPS) is 16.4. The lowest BCUT2D eigenvalue weighted by Gasteiger charge is -2.39. The fraction of sp³-hybridized carbons (Fsp3) is 0.349. The zero-order chi connectivity index (χ0) is 32.4. The highest BCUT2D eigenvalue weighted by atomic mass is 15.2. The molecule has 1 aliphatic rings. The molecule has 0 amide bonds. The van der Waals surface area contributed by atoms with Gasteiger partial charge in [-0.1, -0.05) is 30.3 Å². The molecule has 0 spiro atoms. The summed E-state index contributed by atoms with van der Waals surface area (Å²) in [5.41, 5.74) is 18.2. The topological polar surface area (TPSA) is 29.0 Å². The van der Waals surface area contributed by atoms with Gasteiger partial charge in [-0.15, -0.1) is 0 Å². The summed E-state index contributed by atoms with van der Waals surface area (Å²) in [7, 11) is 0. The Labute approximate surface area is 276 Å². The van der Waals surface area contributed by atoms with Crippen LogP contribution in [0.1, 0.15) is 75.8 Å². The van der Waals surface area contributed by atoms with Crippen LogP contribution in [0.5, 0.6) is 0 Å². The molecule has 3 nitrogen and oxygen atoms in total. The van der Waals surface area contributed by atoms with Gasteiger partial charge in [-0.2, -0.15) is 0 Å². The summed E-state index contributed by atoms with van der Waals surface area (Å²) in [6.07, 6.45) is 12.1.